The van der Waals surface area contributed by atoms with E-state index in [1.165, 1.54) is 24.1 Å². The van der Waals surface area contributed by atoms with E-state index in [1.807, 2.05) is 6.07 Å². The molecular formula is C15H22N2S. The van der Waals surface area contributed by atoms with Gasteiger partial charge in [0.25, 0.3) is 0 Å². The first-order valence-electron chi connectivity index (χ1n) is 6.68. The van der Waals surface area contributed by atoms with E-state index in [0.29, 0.717) is 11.0 Å². The smallest absolute Gasteiger partial charge is 0.103 e. The highest BCUT2D eigenvalue weighted by Gasteiger charge is 2.25. The van der Waals surface area contributed by atoms with Crippen molar-refractivity contribution in [2.24, 2.45) is 11.7 Å². The van der Waals surface area contributed by atoms with E-state index in [4.69, 9.17) is 18.0 Å². The van der Waals surface area contributed by atoms with E-state index >= 15 is 0 Å². The minimum absolute atomic E-state index is 0.477. The molecule has 0 spiro atoms. The number of piperidine rings is 1. The molecule has 1 aliphatic heterocycles. The Labute approximate surface area is 115 Å². The van der Waals surface area contributed by atoms with E-state index in [2.05, 4.69) is 37.8 Å². The van der Waals surface area contributed by atoms with Gasteiger partial charge in [-0.1, -0.05) is 19.1 Å². The van der Waals surface area contributed by atoms with Gasteiger partial charge in [-0.3, -0.25) is 0 Å². The first-order valence-corrected chi connectivity index (χ1v) is 7.08. The van der Waals surface area contributed by atoms with E-state index in [-0.39, 0.29) is 0 Å². The number of benzene rings is 1. The number of thiocarbonyl (C=S) groups is 1. The molecule has 18 heavy (non-hydrogen) atoms. The van der Waals surface area contributed by atoms with Crippen LogP contribution in [-0.2, 0) is 0 Å². The van der Waals surface area contributed by atoms with Crippen molar-refractivity contribution in [2.45, 2.75) is 39.7 Å². The van der Waals surface area contributed by atoms with Crippen molar-refractivity contribution in [3.63, 3.8) is 0 Å². The molecule has 2 N–H and O–H groups in total. The summed E-state index contributed by atoms with van der Waals surface area (Å²) >= 11 is 5.03. The van der Waals surface area contributed by atoms with Crippen LogP contribution in [0.1, 0.15) is 37.8 Å². The van der Waals surface area contributed by atoms with E-state index in [0.717, 1.165) is 18.0 Å². The predicted molar refractivity (Wildman–Crippen MR) is 82.3 cm³/mol. The summed E-state index contributed by atoms with van der Waals surface area (Å²) in [6.07, 6.45) is 2.61. The number of aryl methyl sites for hydroxylation is 1. The molecule has 1 heterocycles. The molecule has 1 aromatic rings. The first-order chi connectivity index (χ1) is 8.50. The lowest BCUT2D eigenvalue weighted by atomic mass is 9.91. The average molecular weight is 262 g/mol. The van der Waals surface area contributed by atoms with Crippen LogP contribution in [0, 0.1) is 12.8 Å². The molecule has 0 bridgehead atoms. The number of hydrogen-bond donors (Lipinski definition) is 1. The van der Waals surface area contributed by atoms with Crippen LogP contribution in [0.4, 0.5) is 5.69 Å². The molecule has 0 aromatic heterocycles. The van der Waals surface area contributed by atoms with Crippen molar-refractivity contribution < 1.29 is 0 Å². The number of anilines is 1. The maximum absolute atomic E-state index is 5.68. The number of hydrogen-bond acceptors (Lipinski definition) is 2. The zero-order valence-electron chi connectivity index (χ0n) is 11.4. The molecule has 0 radical (unpaired) electrons. The van der Waals surface area contributed by atoms with Crippen LogP contribution in [0.3, 0.4) is 0 Å². The van der Waals surface area contributed by atoms with Gasteiger partial charge in [-0.05, 0) is 56.4 Å². The lowest BCUT2D eigenvalue weighted by Gasteiger charge is -2.40. The van der Waals surface area contributed by atoms with Crippen LogP contribution >= 0.6 is 12.2 Å². The highest BCUT2D eigenvalue weighted by atomic mass is 32.1. The molecule has 98 valence electrons. The maximum Gasteiger partial charge on any atom is 0.103 e. The summed E-state index contributed by atoms with van der Waals surface area (Å²) in [7, 11) is 0. The maximum atomic E-state index is 5.68. The van der Waals surface area contributed by atoms with Gasteiger partial charge in [0, 0.05) is 23.8 Å². The summed E-state index contributed by atoms with van der Waals surface area (Å²) in [4.78, 5) is 3.00. The lowest BCUT2D eigenvalue weighted by Crippen LogP contribution is -2.42. The third-order valence-electron chi connectivity index (χ3n) is 4.16. The van der Waals surface area contributed by atoms with Gasteiger partial charge < -0.3 is 10.6 Å². The molecule has 1 saturated heterocycles. The van der Waals surface area contributed by atoms with Crippen LogP contribution in [0.25, 0.3) is 0 Å². The summed E-state index contributed by atoms with van der Waals surface area (Å²) in [5.41, 5.74) is 9.23. The van der Waals surface area contributed by atoms with E-state index in [9.17, 15) is 0 Å². The van der Waals surface area contributed by atoms with Crippen LogP contribution in [-0.4, -0.2) is 17.6 Å². The lowest BCUT2D eigenvalue weighted by molar-refractivity contribution is 0.363. The summed E-state index contributed by atoms with van der Waals surface area (Å²) in [6.45, 7) is 7.96. The average Bonchev–Trinajstić information content (AvgIpc) is 2.33. The Hall–Kier alpha value is -1.09. The molecule has 3 heteroatoms. The molecule has 2 unspecified atom stereocenters. The van der Waals surface area contributed by atoms with Gasteiger partial charge in [-0.25, -0.2) is 0 Å². The molecule has 0 aliphatic carbocycles. The molecule has 0 amide bonds. The molecular weight excluding hydrogens is 240 g/mol. The van der Waals surface area contributed by atoms with E-state index in [1.54, 1.807) is 0 Å². The largest absolute Gasteiger partial charge is 0.389 e. The monoisotopic (exact) mass is 262 g/mol. The Morgan fingerprint density at radius 2 is 2.11 bits per heavy atom. The Morgan fingerprint density at radius 3 is 2.72 bits per heavy atom. The van der Waals surface area contributed by atoms with Gasteiger partial charge in [-0.15, -0.1) is 0 Å². The summed E-state index contributed by atoms with van der Waals surface area (Å²) in [6, 6.07) is 6.91. The van der Waals surface area contributed by atoms with E-state index < -0.39 is 0 Å². The van der Waals surface area contributed by atoms with Crippen LogP contribution < -0.4 is 10.6 Å². The number of nitrogens with zero attached hydrogens (tertiary/aromatic N) is 1. The molecule has 2 rings (SSSR count). The number of nitrogens with two attached hydrogens (primary N) is 1. The molecule has 1 aromatic carbocycles. The highest BCUT2D eigenvalue weighted by Crippen LogP contribution is 2.30. The third-order valence-corrected chi connectivity index (χ3v) is 4.40. The number of rotatable bonds is 2. The van der Waals surface area contributed by atoms with Crippen molar-refractivity contribution >= 4 is 22.9 Å². The summed E-state index contributed by atoms with van der Waals surface area (Å²) in [5.74, 6) is 0.758. The van der Waals surface area contributed by atoms with Crippen LogP contribution in [0.5, 0.6) is 0 Å². The van der Waals surface area contributed by atoms with Crippen LogP contribution in [0.2, 0.25) is 0 Å². The quantitative estimate of drug-likeness (QED) is 0.830. The van der Waals surface area contributed by atoms with Gasteiger partial charge in [0.2, 0.25) is 0 Å². The van der Waals surface area contributed by atoms with Crippen molar-refractivity contribution in [2.75, 3.05) is 11.4 Å². The topological polar surface area (TPSA) is 29.3 Å². The first kappa shape index (κ1) is 13.3. The van der Waals surface area contributed by atoms with Crippen molar-refractivity contribution in [3.05, 3.63) is 29.3 Å². The molecule has 2 atom stereocenters. The molecule has 2 nitrogen and oxygen atoms in total. The minimum atomic E-state index is 0.477. The Kier molecular flexibility index (Phi) is 3.91. The second kappa shape index (κ2) is 5.27. The van der Waals surface area contributed by atoms with Crippen molar-refractivity contribution in [1.29, 1.82) is 0 Å². The third kappa shape index (κ3) is 2.51. The Bertz CT molecular complexity index is 456. The van der Waals surface area contributed by atoms with Gasteiger partial charge >= 0.3 is 0 Å². The van der Waals surface area contributed by atoms with Crippen molar-refractivity contribution in [1.82, 2.24) is 0 Å². The zero-order chi connectivity index (χ0) is 13.3. The molecule has 0 saturated carbocycles. The highest BCUT2D eigenvalue weighted by molar-refractivity contribution is 7.80. The SMILES string of the molecule is Cc1cc(C(N)=S)ccc1N1CCCC(C)C1C. The van der Waals surface area contributed by atoms with Gasteiger partial charge in [-0.2, -0.15) is 0 Å². The zero-order valence-corrected chi connectivity index (χ0v) is 12.3. The fraction of sp³-hybridized carbons (Fsp3) is 0.533. The molecule has 1 fully saturated rings. The Morgan fingerprint density at radius 1 is 1.39 bits per heavy atom. The second-order valence-corrected chi connectivity index (χ2v) is 5.86. The second-order valence-electron chi connectivity index (χ2n) is 5.42. The standard InChI is InChI=1S/C15H22N2S/c1-10-5-4-8-17(12(10)3)14-7-6-13(15(16)18)9-11(14)2/h6-7,9-10,12H,4-5,8H2,1-3H3,(H2,16,18). The van der Waals surface area contributed by atoms with Crippen molar-refractivity contribution in [3.8, 4) is 0 Å². The fourth-order valence-corrected chi connectivity index (χ4v) is 2.93. The minimum Gasteiger partial charge on any atom is -0.389 e. The Balaban J connectivity index is 2.30. The molecule has 1 aliphatic rings. The summed E-state index contributed by atoms with van der Waals surface area (Å²) < 4.78 is 0. The van der Waals surface area contributed by atoms with Gasteiger partial charge in [0.1, 0.15) is 4.99 Å². The van der Waals surface area contributed by atoms with Crippen LogP contribution in [0.15, 0.2) is 18.2 Å². The van der Waals surface area contributed by atoms with Gasteiger partial charge in [0.15, 0.2) is 0 Å². The fourth-order valence-electron chi connectivity index (χ4n) is 2.81. The summed E-state index contributed by atoms with van der Waals surface area (Å²) in [5, 5.41) is 0. The van der Waals surface area contributed by atoms with Gasteiger partial charge in [0.05, 0.1) is 0 Å². The predicted octanol–water partition coefficient (Wildman–Crippen LogP) is 3.25. The normalized spacial score (nSPS) is 24.1.